The third-order valence-electron chi connectivity index (χ3n) is 12.7. The summed E-state index contributed by atoms with van der Waals surface area (Å²) in [6.07, 6.45) is 60.7. The smallest absolute Gasteiger partial charge is 0.306 e. The fraction of sp³-hybridized carbons (Fsp3) is 0.963. The molecule has 0 aliphatic rings. The van der Waals surface area contributed by atoms with Crippen LogP contribution in [-0.2, 0) is 19.1 Å². The van der Waals surface area contributed by atoms with Crippen LogP contribution in [0.15, 0.2) is 0 Å². The molecule has 0 bridgehead atoms. The SMILES string of the molecule is CCCCCCCCCCCCCCCCCCCCCCCCCC(=O)OC[C@H](CO)OC(=O)CCCCCCCCCCCCCCCCCCCCCCCC. The summed E-state index contributed by atoms with van der Waals surface area (Å²) in [6.45, 7) is 4.21. The molecule has 5 heteroatoms. The van der Waals surface area contributed by atoms with Gasteiger partial charge in [0, 0.05) is 12.8 Å². The van der Waals surface area contributed by atoms with Gasteiger partial charge in [0.25, 0.3) is 0 Å². The Bertz CT molecular complexity index is 815. The Morgan fingerprint density at radius 1 is 0.322 bits per heavy atom. The third-order valence-corrected chi connectivity index (χ3v) is 12.7. The summed E-state index contributed by atoms with van der Waals surface area (Å²) >= 11 is 0. The lowest BCUT2D eigenvalue weighted by Gasteiger charge is -2.15. The van der Waals surface area contributed by atoms with Crippen molar-refractivity contribution in [1.29, 1.82) is 0 Å². The molecular formula is C54H106O5. The summed E-state index contributed by atoms with van der Waals surface area (Å²) in [5, 5.41) is 9.64. The number of hydrogen-bond donors (Lipinski definition) is 1. The molecule has 5 nitrogen and oxygen atoms in total. The number of aliphatic hydroxyl groups is 1. The maximum absolute atomic E-state index is 12.3. The van der Waals surface area contributed by atoms with Crippen molar-refractivity contribution in [3.63, 3.8) is 0 Å². The Hall–Kier alpha value is -1.10. The second-order valence-electron chi connectivity index (χ2n) is 18.7. The molecule has 0 saturated carbocycles. The molecule has 0 fully saturated rings. The predicted octanol–water partition coefficient (Wildman–Crippen LogP) is 17.8. The van der Waals surface area contributed by atoms with E-state index in [4.69, 9.17) is 9.47 Å². The molecule has 0 aliphatic carbocycles. The quantitative estimate of drug-likeness (QED) is 0.0488. The maximum atomic E-state index is 12.3. The number of hydrogen-bond acceptors (Lipinski definition) is 5. The highest BCUT2D eigenvalue weighted by Crippen LogP contribution is 2.18. The van der Waals surface area contributed by atoms with Crippen molar-refractivity contribution in [2.24, 2.45) is 0 Å². The lowest BCUT2D eigenvalue weighted by molar-refractivity contribution is -0.161. The van der Waals surface area contributed by atoms with E-state index in [9.17, 15) is 14.7 Å². The van der Waals surface area contributed by atoms with Crippen LogP contribution >= 0.6 is 0 Å². The van der Waals surface area contributed by atoms with Crippen LogP contribution in [0.5, 0.6) is 0 Å². The second-order valence-corrected chi connectivity index (χ2v) is 18.7. The molecule has 0 aromatic heterocycles. The first-order chi connectivity index (χ1) is 29.1. The first-order valence-electron chi connectivity index (χ1n) is 27.1. The van der Waals surface area contributed by atoms with Crippen LogP contribution in [0.1, 0.15) is 316 Å². The van der Waals surface area contributed by atoms with Gasteiger partial charge in [-0.1, -0.05) is 290 Å². The Morgan fingerprint density at radius 3 is 0.746 bits per heavy atom. The lowest BCUT2D eigenvalue weighted by Crippen LogP contribution is -2.28. The Balaban J connectivity index is 3.41. The van der Waals surface area contributed by atoms with Crippen LogP contribution in [0.3, 0.4) is 0 Å². The minimum atomic E-state index is -0.763. The van der Waals surface area contributed by atoms with Crippen LogP contribution in [0.25, 0.3) is 0 Å². The highest BCUT2D eigenvalue weighted by Gasteiger charge is 2.16. The van der Waals surface area contributed by atoms with Gasteiger partial charge < -0.3 is 14.6 Å². The van der Waals surface area contributed by atoms with Crippen LogP contribution in [0.2, 0.25) is 0 Å². The minimum absolute atomic E-state index is 0.0558. The molecule has 0 aliphatic heterocycles. The summed E-state index contributed by atoms with van der Waals surface area (Å²) in [4.78, 5) is 24.5. The molecule has 0 unspecified atom stereocenters. The number of ether oxygens (including phenoxy) is 2. The van der Waals surface area contributed by atoms with E-state index >= 15 is 0 Å². The van der Waals surface area contributed by atoms with Crippen molar-refractivity contribution >= 4 is 11.9 Å². The molecule has 0 amide bonds. The van der Waals surface area contributed by atoms with E-state index in [0.717, 1.165) is 32.1 Å². The van der Waals surface area contributed by atoms with Gasteiger partial charge in [0.15, 0.2) is 6.10 Å². The van der Waals surface area contributed by atoms with Gasteiger partial charge in [-0.15, -0.1) is 0 Å². The molecule has 0 heterocycles. The van der Waals surface area contributed by atoms with E-state index in [2.05, 4.69) is 13.8 Å². The summed E-state index contributed by atoms with van der Waals surface area (Å²) < 4.78 is 10.7. The molecule has 0 radical (unpaired) electrons. The molecule has 0 aromatic rings. The van der Waals surface area contributed by atoms with Gasteiger partial charge in [-0.05, 0) is 12.8 Å². The zero-order chi connectivity index (χ0) is 42.8. The highest BCUT2D eigenvalue weighted by atomic mass is 16.6. The van der Waals surface area contributed by atoms with Crippen molar-refractivity contribution < 1.29 is 24.2 Å². The van der Waals surface area contributed by atoms with E-state index in [0.29, 0.717) is 12.8 Å². The van der Waals surface area contributed by atoms with Gasteiger partial charge in [-0.3, -0.25) is 9.59 Å². The Labute approximate surface area is 369 Å². The van der Waals surface area contributed by atoms with E-state index in [1.165, 1.54) is 257 Å². The number of unbranched alkanes of at least 4 members (excludes halogenated alkanes) is 43. The fourth-order valence-electron chi connectivity index (χ4n) is 8.56. The van der Waals surface area contributed by atoms with E-state index < -0.39 is 6.10 Å². The average molecular weight is 835 g/mol. The molecule has 0 saturated heterocycles. The van der Waals surface area contributed by atoms with Crippen LogP contribution in [0.4, 0.5) is 0 Å². The van der Waals surface area contributed by atoms with Gasteiger partial charge >= 0.3 is 11.9 Å². The highest BCUT2D eigenvalue weighted by molar-refractivity contribution is 5.70. The number of aliphatic hydroxyl groups excluding tert-OH is 1. The minimum Gasteiger partial charge on any atom is -0.462 e. The van der Waals surface area contributed by atoms with Gasteiger partial charge in [0.1, 0.15) is 6.61 Å². The zero-order valence-electron chi connectivity index (χ0n) is 40.3. The van der Waals surface area contributed by atoms with E-state index in [1.807, 2.05) is 0 Å². The van der Waals surface area contributed by atoms with E-state index in [-0.39, 0.29) is 25.2 Å². The Kier molecular flexibility index (Phi) is 50.3. The van der Waals surface area contributed by atoms with Crippen LogP contribution < -0.4 is 0 Å². The van der Waals surface area contributed by atoms with Crippen molar-refractivity contribution in [3.8, 4) is 0 Å². The van der Waals surface area contributed by atoms with E-state index in [1.54, 1.807) is 0 Å². The van der Waals surface area contributed by atoms with Crippen molar-refractivity contribution in [3.05, 3.63) is 0 Å². The summed E-state index contributed by atoms with van der Waals surface area (Å²) in [5.74, 6) is -0.564. The molecule has 0 rings (SSSR count). The first-order valence-corrected chi connectivity index (χ1v) is 27.1. The monoisotopic (exact) mass is 835 g/mol. The van der Waals surface area contributed by atoms with Crippen LogP contribution in [0, 0.1) is 0 Å². The molecule has 0 spiro atoms. The van der Waals surface area contributed by atoms with Crippen LogP contribution in [-0.4, -0.2) is 36.4 Å². The molecular weight excluding hydrogens is 729 g/mol. The van der Waals surface area contributed by atoms with Gasteiger partial charge in [0.05, 0.1) is 6.61 Å². The summed E-state index contributed by atoms with van der Waals surface area (Å²) in [5.41, 5.74) is 0. The number of rotatable bonds is 51. The van der Waals surface area contributed by atoms with Gasteiger partial charge in [-0.25, -0.2) is 0 Å². The Morgan fingerprint density at radius 2 is 0.525 bits per heavy atom. The molecule has 1 atom stereocenters. The molecule has 1 N–H and O–H groups in total. The molecule has 0 aromatic carbocycles. The number of carbonyl (C=O) groups is 2. The van der Waals surface area contributed by atoms with Gasteiger partial charge in [-0.2, -0.15) is 0 Å². The van der Waals surface area contributed by atoms with Crippen molar-refractivity contribution in [2.45, 2.75) is 322 Å². The normalized spacial score (nSPS) is 12.0. The largest absolute Gasteiger partial charge is 0.462 e. The predicted molar refractivity (Wildman–Crippen MR) is 256 cm³/mol. The molecule has 59 heavy (non-hydrogen) atoms. The summed E-state index contributed by atoms with van der Waals surface area (Å²) in [7, 11) is 0. The standard InChI is InChI=1S/C54H106O5/c1-3-5-7-9-11-13-15-17-19-21-23-25-27-29-30-32-34-36-38-40-42-44-46-48-53(56)58-51-52(50-55)59-54(57)49-47-45-43-41-39-37-35-33-31-28-26-24-22-20-18-16-14-12-10-8-6-4-2/h52,55H,3-51H2,1-2H3/t52-/m0/s1. The topological polar surface area (TPSA) is 72.8 Å². The second kappa shape index (κ2) is 51.3. The fourth-order valence-corrected chi connectivity index (χ4v) is 8.56. The number of carbonyl (C=O) groups excluding carboxylic acids is 2. The lowest BCUT2D eigenvalue weighted by atomic mass is 10.0. The maximum Gasteiger partial charge on any atom is 0.306 e. The number of esters is 2. The summed E-state index contributed by atoms with van der Waals surface area (Å²) in [6, 6.07) is 0. The first kappa shape index (κ1) is 57.9. The van der Waals surface area contributed by atoms with Crippen molar-refractivity contribution in [1.82, 2.24) is 0 Å². The average Bonchev–Trinajstić information content (AvgIpc) is 3.24. The van der Waals surface area contributed by atoms with Gasteiger partial charge in [0.2, 0.25) is 0 Å². The van der Waals surface area contributed by atoms with Crippen molar-refractivity contribution in [2.75, 3.05) is 13.2 Å². The third kappa shape index (κ3) is 49.4. The zero-order valence-corrected chi connectivity index (χ0v) is 40.3. The molecule has 352 valence electrons.